The molecule has 1 aromatic carbocycles. The van der Waals surface area contributed by atoms with Crippen LogP contribution in [0.5, 0.6) is 0 Å². The van der Waals surface area contributed by atoms with Crippen LogP contribution in [0, 0.1) is 28.4 Å². The summed E-state index contributed by atoms with van der Waals surface area (Å²) in [7, 11) is 0. The van der Waals surface area contributed by atoms with Gasteiger partial charge in [0.25, 0.3) is 0 Å². The van der Waals surface area contributed by atoms with Crippen LogP contribution in [0.15, 0.2) is 12.1 Å². The Morgan fingerprint density at radius 3 is 2.16 bits per heavy atom. The van der Waals surface area contributed by atoms with Crippen molar-refractivity contribution < 1.29 is 8.78 Å². The van der Waals surface area contributed by atoms with Gasteiger partial charge in [-0.1, -0.05) is 20.8 Å². The number of anilines is 1. The van der Waals surface area contributed by atoms with E-state index in [1.54, 1.807) is 6.07 Å². The van der Waals surface area contributed by atoms with Gasteiger partial charge in [0.15, 0.2) is 11.6 Å². The van der Waals surface area contributed by atoms with Gasteiger partial charge in [0, 0.05) is 5.54 Å². The Balaban J connectivity index is 3.01. The van der Waals surface area contributed by atoms with Gasteiger partial charge in [-0.05, 0) is 37.8 Å². The molecule has 0 atom stereocenters. The van der Waals surface area contributed by atoms with E-state index in [-0.39, 0.29) is 22.2 Å². The molecule has 0 saturated carbocycles. The third-order valence-corrected chi connectivity index (χ3v) is 2.65. The SMILES string of the molecule is CC(C)(C)CC(C)(C)Nc1ccc(C#N)c(F)c1F. The summed E-state index contributed by atoms with van der Waals surface area (Å²) in [5.74, 6) is -2.10. The third-order valence-electron chi connectivity index (χ3n) is 2.65. The first kappa shape index (κ1) is 15.4. The van der Waals surface area contributed by atoms with Crippen LogP contribution in [0.25, 0.3) is 0 Å². The lowest BCUT2D eigenvalue weighted by Gasteiger charge is -2.34. The molecule has 0 aromatic heterocycles. The fourth-order valence-corrected chi connectivity index (χ4v) is 2.47. The van der Waals surface area contributed by atoms with E-state index in [9.17, 15) is 8.78 Å². The molecule has 0 radical (unpaired) electrons. The van der Waals surface area contributed by atoms with Crippen molar-refractivity contribution in [3.05, 3.63) is 29.3 Å². The van der Waals surface area contributed by atoms with E-state index in [0.717, 1.165) is 6.42 Å². The highest BCUT2D eigenvalue weighted by atomic mass is 19.2. The van der Waals surface area contributed by atoms with Gasteiger partial charge in [-0.3, -0.25) is 0 Å². The summed E-state index contributed by atoms with van der Waals surface area (Å²) < 4.78 is 27.4. The summed E-state index contributed by atoms with van der Waals surface area (Å²) in [6.45, 7) is 10.1. The first-order valence-corrected chi connectivity index (χ1v) is 6.22. The summed E-state index contributed by atoms with van der Waals surface area (Å²) in [4.78, 5) is 0. The molecule has 0 aliphatic carbocycles. The highest BCUT2D eigenvalue weighted by Gasteiger charge is 2.27. The lowest BCUT2D eigenvalue weighted by atomic mass is 9.81. The molecule has 0 spiro atoms. The molecule has 0 aliphatic rings. The lowest BCUT2D eigenvalue weighted by molar-refractivity contribution is 0.301. The maximum atomic E-state index is 13.8. The monoisotopic (exact) mass is 266 g/mol. The van der Waals surface area contributed by atoms with Gasteiger partial charge in [-0.15, -0.1) is 0 Å². The van der Waals surface area contributed by atoms with Crippen LogP contribution in [0.1, 0.15) is 46.6 Å². The Bertz CT molecular complexity index is 508. The minimum Gasteiger partial charge on any atom is -0.378 e. The van der Waals surface area contributed by atoms with Gasteiger partial charge in [0.05, 0.1) is 11.3 Å². The minimum absolute atomic E-state index is 0.0676. The fourth-order valence-electron chi connectivity index (χ4n) is 2.47. The van der Waals surface area contributed by atoms with Crippen molar-refractivity contribution in [2.75, 3.05) is 5.32 Å². The Morgan fingerprint density at radius 2 is 1.68 bits per heavy atom. The van der Waals surface area contributed by atoms with E-state index >= 15 is 0 Å². The van der Waals surface area contributed by atoms with Gasteiger partial charge in [-0.25, -0.2) is 8.78 Å². The number of halogens is 2. The number of hydrogen-bond acceptors (Lipinski definition) is 2. The summed E-state index contributed by atoms with van der Waals surface area (Å²) >= 11 is 0. The van der Waals surface area contributed by atoms with Crippen LogP contribution in [0.4, 0.5) is 14.5 Å². The first-order chi connectivity index (χ1) is 8.56. The van der Waals surface area contributed by atoms with Crippen LogP contribution in [-0.2, 0) is 0 Å². The van der Waals surface area contributed by atoms with Crippen LogP contribution in [-0.4, -0.2) is 5.54 Å². The van der Waals surface area contributed by atoms with E-state index in [2.05, 4.69) is 26.1 Å². The molecular weight excluding hydrogens is 246 g/mol. The second-order valence-electron chi connectivity index (χ2n) is 6.65. The minimum atomic E-state index is -1.10. The van der Waals surface area contributed by atoms with E-state index in [1.807, 2.05) is 13.8 Å². The lowest BCUT2D eigenvalue weighted by Crippen LogP contribution is -2.35. The Kier molecular flexibility index (Phi) is 4.19. The fraction of sp³-hybridized carbons (Fsp3) is 0.533. The molecule has 0 bridgehead atoms. The zero-order valence-corrected chi connectivity index (χ0v) is 12.1. The number of nitrogens with one attached hydrogen (secondary N) is 1. The molecular formula is C15H20F2N2. The summed E-state index contributed by atoms with van der Waals surface area (Å²) in [6.07, 6.45) is 0.793. The van der Waals surface area contributed by atoms with Crippen LogP contribution < -0.4 is 5.32 Å². The normalized spacial score (nSPS) is 12.1. The van der Waals surface area contributed by atoms with Crippen molar-refractivity contribution in [1.29, 1.82) is 5.26 Å². The van der Waals surface area contributed by atoms with Crippen molar-refractivity contribution in [2.45, 2.75) is 46.6 Å². The predicted octanol–water partition coefficient (Wildman–Crippen LogP) is 4.46. The van der Waals surface area contributed by atoms with Crippen molar-refractivity contribution in [3.63, 3.8) is 0 Å². The standard InChI is InChI=1S/C15H20F2N2/c1-14(2,3)9-15(4,5)19-11-7-6-10(8-18)12(16)13(11)17/h6-7,19H,9H2,1-5H3. The largest absolute Gasteiger partial charge is 0.378 e. The van der Waals surface area contributed by atoms with Gasteiger partial charge < -0.3 is 5.32 Å². The Hall–Kier alpha value is -1.63. The quantitative estimate of drug-likeness (QED) is 0.876. The number of rotatable bonds is 3. The predicted molar refractivity (Wildman–Crippen MR) is 72.8 cm³/mol. The van der Waals surface area contributed by atoms with Crippen molar-refractivity contribution in [1.82, 2.24) is 0 Å². The molecule has 0 heterocycles. The van der Waals surface area contributed by atoms with E-state index in [0.29, 0.717) is 0 Å². The number of nitrogens with zero attached hydrogens (tertiary/aromatic N) is 1. The Labute approximate surface area is 113 Å². The molecule has 0 saturated heterocycles. The topological polar surface area (TPSA) is 35.8 Å². The maximum Gasteiger partial charge on any atom is 0.183 e. The van der Waals surface area contributed by atoms with Crippen molar-refractivity contribution >= 4 is 5.69 Å². The van der Waals surface area contributed by atoms with E-state index < -0.39 is 11.6 Å². The van der Waals surface area contributed by atoms with Crippen LogP contribution >= 0.6 is 0 Å². The molecule has 0 fully saturated rings. The molecule has 1 N–H and O–H groups in total. The zero-order valence-electron chi connectivity index (χ0n) is 12.1. The van der Waals surface area contributed by atoms with E-state index in [1.165, 1.54) is 12.1 Å². The van der Waals surface area contributed by atoms with Gasteiger partial charge >= 0.3 is 0 Å². The highest BCUT2D eigenvalue weighted by molar-refractivity contribution is 5.51. The van der Waals surface area contributed by atoms with Crippen molar-refractivity contribution in [2.24, 2.45) is 5.41 Å². The average Bonchev–Trinajstić information content (AvgIpc) is 2.21. The molecule has 19 heavy (non-hydrogen) atoms. The van der Waals surface area contributed by atoms with Crippen molar-refractivity contribution in [3.8, 4) is 6.07 Å². The average molecular weight is 266 g/mol. The smallest absolute Gasteiger partial charge is 0.183 e. The van der Waals surface area contributed by atoms with E-state index in [4.69, 9.17) is 5.26 Å². The van der Waals surface area contributed by atoms with Crippen LogP contribution in [0.3, 0.4) is 0 Å². The maximum absolute atomic E-state index is 13.8. The zero-order chi connectivity index (χ0) is 14.8. The number of nitriles is 1. The molecule has 0 aliphatic heterocycles. The summed E-state index contributed by atoms with van der Waals surface area (Å²) in [5, 5.41) is 11.7. The third kappa shape index (κ3) is 4.20. The van der Waals surface area contributed by atoms with Gasteiger partial charge in [0.1, 0.15) is 6.07 Å². The molecule has 2 nitrogen and oxygen atoms in total. The number of hydrogen-bond donors (Lipinski definition) is 1. The molecule has 104 valence electrons. The molecule has 4 heteroatoms. The molecule has 1 aromatic rings. The summed E-state index contributed by atoms with van der Waals surface area (Å²) in [5.41, 5.74) is -0.500. The Morgan fingerprint density at radius 1 is 1.11 bits per heavy atom. The summed E-state index contributed by atoms with van der Waals surface area (Å²) in [6, 6.07) is 4.31. The van der Waals surface area contributed by atoms with Crippen LogP contribution in [0.2, 0.25) is 0 Å². The molecule has 1 rings (SSSR count). The molecule has 0 amide bonds. The van der Waals surface area contributed by atoms with Gasteiger partial charge in [0.2, 0.25) is 0 Å². The second-order valence-corrected chi connectivity index (χ2v) is 6.65. The first-order valence-electron chi connectivity index (χ1n) is 6.22. The number of benzene rings is 1. The second kappa shape index (κ2) is 5.16. The van der Waals surface area contributed by atoms with Gasteiger partial charge in [-0.2, -0.15) is 5.26 Å². The highest BCUT2D eigenvalue weighted by Crippen LogP contribution is 2.31. The molecule has 0 unspecified atom stereocenters.